The van der Waals surface area contributed by atoms with Crippen molar-refractivity contribution in [2.75, 3.05) is 14.2 Å². The molecular weight excluding hydrogens is 516 g/mol. The van der Waals surface area contributed by atoms with Crippen LogP contribution in [0.3, 0.4) is 0 Å². The highest BCUT2D eigenvalue weighted by Crippen LogP contribution is 2.68. The van der Waals surface area contributed by atoms with Crippen LogP contribution in [-0.4, -0.2) is 58.3 Å². The standard InChI is InChI=1S/C26H28N2O7S2/c1-9(2)19(25(31)32)28-23(29)17-11-8-12(18(17)24(28)30)20-16(11)15(21-22(36-20)27-26(33)37-21)10-5-6-13(34-3)14(7-10)35-4/h5-7,9,11-12,15-20H,8H2,1-4H3,(H,27,33)(H,31,32)/t11-,12+,15+,16+,17+,18+,19+,20-/m1/s1. The minimum absolute atomic E-state index is 0.0207. The predicted octanol–water partition coefficient (Wildman–Crippen LogP) is 3.04. The number of ether oxygens (including phenoxy) is 2. The summed E-state index contributed by atoms with van der Waals surface area (Å²) in [5.74, 6) is -2.39. The molecule has 2 aliphatic heterocycles. The zero-order valence-electron chi connectivity index (χ0n) is 20.8. The molecule has 2 saturated carbocycles. The summed E-state index contributed by atoms with van der Waals surface area (Å²) in [6, 6.07) is 4.59. The predicted molar refractivity (Wildman–Crippen MR) is 136 cm³/mol. The first-order valence-corrected chi connectivity index (χ1v) is 14.1. The number of nitrogens with zero attached hydrogens (tertiary/aromatic N) is 1. The number of methoxy groups -OCH3 is 2. The number of H-pyrrole nitrogens is 1. The van der Waals surface area contributed by atoms with Gasteiger partial charge in [-0.25, -0.2) is 4.79 Å². The van der Waals surface area contributed by atoms with Gasteiger partial charge in [0, 0.05) is 16.0 Å². The van der Waals surface area contributed by atoms with Gasteiger partial charge in [-0.15, -0.1) is 11.8 Å². The van der Waals surface area contributed by atoms with E-state index in [1.807, 2.05) is 18.2 Å². The van der Waals surface area contributed by atoms with Gasteiger partial charge in [0.25, 0.3) is 0 Å². The van der Waals surface area contributed by atoms with Crippen molar-refractivity contribution in [3.63, 3.8) is 0 Å². The van der Waals surface area contributed by atoms with Crippen molar-refractivity contribution in [1.82, 2.24) is 9.88 Å². The maximum atomic E-state index is 13.7. The molecule has 0 spiro atoms. The number of rotatable bonds is 6. The zero-order chi connectivity index (χ0) is 26.3. The van der Waals surface area contributed by atoms with Gasteiger partial charge in [0.1, 0.15) is 6.04 Å². The van der Waals surface area contributed by atoms with Gasteiger partial charge < -0.3 is 19.6 Å². The lowest BCUT2D eigenvalue weighted by molar-refractivity contribution is -0.157. The van der Waals surface area contributed by atoms with Crippen LogP contribution in [0.4, 0.5) is 0 Å². The Labute approximate surface area is 221 Å². The van der Waals surface area contributed by atoms with Gasteiger partial charge in [-0.3, -0.25) is 19.3 Å². The van der Waals surface area contributed by atoms with Gasteiger partial charge in [0.05, 0.1) is 31.1 Å². The number of hydrogen-bond acceptors (Lipinski definition) is 8. The molecule has 11 heteroatoms. The smallest absolute Gasteiger partial charge is 0.327 e. The topological polar surface area (TPSA) is 126 Å². The number of fused-ring (bicyclic) bond motifs is 9. The highest BCUT2D eigenvalue weighted by Gasteiger charge is 2.70. The van der Waals surface area contributed by atoms with Crippen LogP contribution in [0.2, 0.25) is 0 Å². The number of carboxylic acid groups (broad SMARTS) is 1. The Morgan fingerprint density at radius 2 is 1.76 bits per heavy atom. The summed E-state index contributed by atoms with van der Waals surface area (Å²) < 4.78 is 11.0. The maximum absolute atomic E-state index is 13.7. The second-order valence-electron chi connectivity index (χ2n) is 10.6. The fourth-order valence-electron chi connectivity index (χ4n) is 7.43. The summed E-state index contributed by atoms with van der Waals surface area (Å²) in [5, 5.41) is 10.7. The van der Waals surface area contributed by atoms with Crippen LogP contribution in [0.15, 0.2) is 28.0 Å². The summed E-state index contributed by atoms with van der Waals surface area (Å²) in [7, 11) is 3.15. The molecule has 1 saturated heterocycles. The number of aromatic amines is 1. The van der Waals surface area contributed by atoms with Crippen LogP contribution in [-0.2, 0) is 14.4 Å². The van der Waals surface area contributed by atoms with Crippen LogP contribution in [0, 0.1) is 35.5 Å². The average Bonchev–Trinajstić information content (AvgIpc) is 3.58. The number of benzene rings is 1. The minimum Gasteiger partial charge on any atom is -0.493 e. The van der Waals surface area contributed by atoms with Gasteiger partial charge in [-0.05, 0) is 47.8 Å². The van der Waals surface area contributed by atoms with Gasteiger partial charge >= 0.3 is 10.8 Å². The van der Waals surface area contributed by atoms with Crippen molar-refractivity contribution in [3.05, 3.63) is 38.3 Å². The molecule has 0 radical (unpaired) electrons. The number of aliphatic carboxylic acids is 1. The molecule has 2 aromatic rings. The quantitative estimate of drug-likeness (QED) is 0.532. The van der Waals surface area contributed by atoms with Gasteiger partial charge in [0.15, 0.2) is 11.5 Å². The molecule has 9 nitrogen and oxygen atoms in total. The molecular formula is C26H28N2O7S2. The second kappa shape index (κ2) is 8.62. The fourth-order valence-corrected chi connectivity index (χ4v) is 10.3. The Hall–Kier alpha value is -2.79. The van der Waals surface area contributed by atoms with Crippen LogP contribution < -0.4 is 14.3 Å². The number of carbonyl (C=O) groups excluding carboxylic acids is 2. The molecule has 6 rings (SSSR count). The number of imide groups is 1. The molecule has 1 aromatic carbocycles. The molecule has 2 N–H and O–H groups in total. The number of nitrogens with one attached hydrogen (secondary N) is 1. The van der Waals surface area contributed by atoms with Crippen molar-refractivity contribution >= 4 is 40.9 Å². The SMILES string of the molecule is COc1ccc([C@@H]2c3sc(=O)[nH]c3S[C@@H]3[C@H]4C[C@@H]([C@@H]5C(=O)N([C@H](C(=O)O)C(C)C)C(=O)[C@@H]45)[C@@H]23)cc1OC. The van der Waals surface area contributed by atoms with Crippen molar-refractivity contribution in [2.45, 2.75) is 42.5 Å². The van der Waals surface area contributed by atoms with Crippen LogP contribution in [0.1, 0.15) is 36.6 Å². The van der Waals surface area contributed by atoms with E-state index >= 15 is 0 Å². The number of likely N-dealkylation sites (tertiary alicyclic amines) is 1. The number of thioether (sulfide) groups is 1. The highest BCUT2D eigenvalue weighted by atomic mass is 32.2. The Morgan fingerprint density at radius 3 is 2.38 bits per heavy atom. The molecule has 1 aromatic heterocycles. The number of amides is 2. The Kier molecular flexibility index (Phi) is 5.72. The summed E-state index contributed by atoms with van der Waals surface area (Å²) >= 11 is 2.79. The van der Waals surface area contributed by atoms with E-state index in [0.29, 0.717) is 11.5 Å². The Bertz CT molecular complexity index is 1370. The molecule has 0 unspecified atom stereocenters. The normalized spacial score (nSPS) is 32.4. The third kappa shape index (κ3) is 3.35. The van der Waals surface area contributed by atoms with Crippen molar-refractivity contribution in [3.8, 4) is 11.5 Å². The number of thiazole rings is 1. The molecule has 37 heavy (non-hydrogen) atoms. The van der Waals surface area contributed by atoms with Crippen molar-refractivity contribution in [1.29, 1.82) is 0 Å². The van der Waals surface area contributed by atoms with E-state index in [0.717, 1.165) is 26.8 Å². The lowest BCUT2D eigenvalue weighted by Crippen LogP contribution is -2.49. The van der Waals surface area contributed by atoms with E-state index in [1.54, 1.807) is 39.8 Å². The lowest BCUT2D eigenvalue weighted by atomic mass is 9.68. The summed E-state index contributed by atoms with van der Waals surface area (Å²) in [6.45, 7) is 3.44. The minimum atomic E-state index is -1.17. The van der Waals surface area contributed by atoms with Crippen molar-refractivity contribution < 1.29 is 29.0 Å². The fraction of sp³-hybridized carbons (Fsp3) is 0.538. The molecule has 196 valence electrons. The molecule has 3 heterocycles. The van der Waals surface area contributed by atoms with E-state index in [2.05, 4.69) is 4.98 Å². The maximum Gasteiger partial charge on any atom is 0.327 e. The average molecular weight is 545 g/mol. The molecule has 3 fully saturated rings. The number of aromatic nitrogens is 1. The first kappa shape index (κ1) is 24.5. The van der Waals surface area contributed by atoms with Crippen LogP contribution in [0.5, 0.6) is 11.5 Å². The summed E-state index contributed by atoms with van der Waals surface area (Å²) in [4.78, 5) is 56.7. The molecule has 4 aliphatic rings. The first-order chi connectivity index (χ1) is 17.7. The largest absolute Gasteiger partial charge is 0.493 e. The van der Waals surface area contributed by atoms with E-state index < -0.39 is 29.8 Å². The molecule has 2 bridgehead atoms. The highest BCUT2D eigenvalue weighted by molar-refractivity contribution is 8.00. The van der Waals surface area contributed by atoms with Gasteiger partial charge in [-0.1, -0.05) is 31.3 Å². The lowest BCUT2D eigenvalue weighted by Gasteiger charge is -2.43. The zero-order valence-corrected chi connectivity index (χ0v) is 22.4. The molecule has 2 aliphatic carbocycles. The molecule has 2 amide bonds. The van der Waals surface area contributed by atoms with Gasteiger partial charge in [-0.2, -0.15) is 0 Å². The van der Waals surface area contributed by atoms with Crippen molar-refractivity contribution in [2.24, 2.45) is 35.5 Å². The third-order valence-electron chi connectivity index (χ3n) is 8.69. The van der Waals surface area contributed by atoms with E-state index in [9.17, 15) is 24.3 Å². The summed E-state index contributed by atoms with van der Waals surface area (Å²) in [5.41, 5.74) is 0.966. The number of carbonyl (C=O) groups is 3. The van der Waals surface area contributed by atoms with E-state index in [4.69, 9.17) is 9.47 Å². The van der Waals surface area contributed by atoms with Crippen LogP contribution in [0.25, 0.3) is 0 Å². The Balaban J connectivity index is 1.45. The van der Waals surface area contributed by atoms with Gasteiger partial charge in [0.2, 0.25) is 11.8 Å². The number of hydrogen-bond donors (Lipinski definition) is 2. The Morgan fingerprint density at radius 1 is 1.08 bits per heavy atom. The molecule has 8 atom stereocenters. The summed E-state index contributed by atoms with van der Waals surface area (Å²) in [6.07, 6.45) is 0.741. The van der Waals surface area contributed by atoms with Crippen LogP contribution >= 0.6 is 23.1 Å². The first-order valence-electron chi connectivity index (χ1n) is 12.4. The number of carboxylic acids is 1. The third-order valence-corrected chi connectivity index (χ3v) is 11.3. The van der Waals surface area contributed by atoms with E-state index in [-0.39, 0.29) is 45.6 Å². The monoisotopic (exact) mass is 544 g/mol. The van der Waals surface area contributed by atoms with E-state index in [1.165, 1.54) is 11.3 Å². The second-order valence-corrected chi connectivity index (χ2v) is 12.9.